The molecule has 0 atom stereocenters. The van der Waals surface area contributed by atoms with Crippen LogP contribution in [0.3, 0.4) is 0 Å². The van der Waals surface area contributed by atoms with E-state index >= 15 is 0 Å². The molecule has 0 spiro atoms. The molecule has 8 aromatic carbocycles. The molecule has 6 heteroatoms. The van der Waals surface area contributed by atoms with Crippen LogP contribution < -0.4 is 10.6 Å². The predicted molar refractivity (Wildman–Crippen MR) is 260 cm³/mol. The smallest absolute Gasteiger partial charge is 0.164 e. The van der Waals surface area contributed by atoms with E-state index in [9.17, 15) is 0 Å². The van der Waals surface area contributed by atoms with Crippen molar-refractivity contribution < 1.29 is 4.42 Å². The highest BCUT2D eigenvalue weighted by Crippen LogP contribution is 2.44. The highest BCUT2D eigenvalue weighted by atomic mass is 32.1. The topological polar surface area (TPSA) is 56.7 Å². The van der Waals surface area contributed by atoms with Gasteiger partial charge in [0.25, 0.3) is 0 Å². The molecule has 63 heavy (non-hydrogen) atoms. The van der Waals surface area contributed by atoms with E-state index < -0.39 is 0 Å². The van der Waals surface area contributed by atoms with Gasteiger partial charge in [0.05, 0.1) is 15.7 Å². The van der Waals surface area contributed by atoms with E-state index in [1.54, 1.807) is 0 Å². The molecule has 1 aliphatic carbocycles. The van der Waals surface area contributed by atoms with Crippen LogP contribution in [0.2, 0.25) is 0 Å². The molecule has 0 unspecified atom stereocenters. The summed E-state index contributed by atoms with van der Waals surface area (Å²) in [5.74, 6) is 1.86. The number of aromatic nitrogens is 4. The van der Waals surface area contributed by atoms with Crippen LogP contribution in [0, 0.1) is 0 Å². The van der Waals surface area contributed by atoms with Crippen LogP contribution in [0.4, 0.5) is 0 Å². The fourth-order valence-corrected chi connectivity index (χ4v) is 10.9. The van der Waals surface area contributed by atoms with Gasteiger partial charge < -0.3 is 8.98 Å². The number of para-hydroxylation sites is 2. The first-order valence-electron chi connectivity index (χ1n) is 21.4. The summed E-state index contributed by atoms with van der Waals surface area (Å²) in [6, 6.07) is 66.7. The first-order valence-corrected chi connectivity index (χ1v) is 22.2. The second kappa shape index (κ2) is 14.3. The van der Waals surface area contributed by atoms with Crippen molar-refractivity contribution in [2.24, 2.45) is 0 Å². The molecule has 4 heterocycles. The van der Waals surface area contributed by atoms with Gasteiger partial charge in [0.2, 0.25) is 0 Å². The maximum absolute atomic E-state index is 6.51. The largest absolute Gasteiger partial charge is 0.456 e. The molecule has 12 aromatic rings. The van der Waals surface area contributed by atoms with E-state index in [1.807, 2.05) is 41.7 Å². The van der Waals surface area contributed by atoms with Gasteiger partial charge in [-0.2, -0.15) is 0 Å². The Morgan fingerprint density at radius 3 is 1.92 bits per heavy atom. The number of benzene rings is 8. The van der Waals surface area contributed by atoms with Crippen molar-refractivity contribution in [3.05, 3.63) is 204 Å². The summed E-state index contributed by atoms with van der Waals surface area (Å²) in [5, 5.41) is 7.28. The summed E-state index contributed by atoms with van der Waals surface area (Å²) < 4.78 is 11.5. The molecular formula is C57H36N4OS. The number of hydrogen-bond acceptors (Lipinski definition) is 5. The molecular weight excluding hydrogens is 789 g/mol. The normalized spacial score (nSPS) is 12.7. The number of hydrogen-bond donors (Lipinski definition) is 0. The van der Waals surface area contributed by atoms with Gasteiger partial charge in [0.15, 0.2) is 17.5 Å². The molecule has 0 saturated heterocycles. The zero-order valence-corrected chi connectivity index (χ0v) is 34.8. The van der Waals surface area contributed by atoms with Crippen molar-refractivity contribution in [1.29, 1.82) is 0 Å². The fraction of sp³-hybridized carbons (Fsp3) is 0.0351. The van der Waals surface area contributed by atoms with Crippen LogP contribution in [0.1, 0.15) is 18.4 Å². The van der Waals surface area contributed by atoms with Crippen molar-refractivity contribution in [1.82, 2.24) is 19.5 Å². The van der Waals surface area contributed by atoms with E-state index in [4.69, 9.17) is 19.4 Å². The number of nitrogens with zero attached hydrogens (tertiary/aromatic N) is 4. The minimum Gasteiger partial charge on any atom is -0.456 e. The Morgan fingerprint density at radius 2 is 1.08 bits per heavy atom. The van der Waals surface area contributed by atoms with Crippen molar-refractivity contribution >= 4 is 75.9 Å². The standard InChI is InChI=1S/C57H36N4OS/c1-3-15-35(16-4-1)37-19-13-20-38(31-37)56-58-55(36-17-5-2-6-18-36)59-57(60-56)40-32-39(42-24-14-27-50-52(42)47-23-8-11-26-49(47)62-50)33-41(34-40)61-48-25-10-7-21-43(48)45-29-30-46-44-22-9-12-28-51(44)63-54(46)53(45)61/h1-13,15-23,25-34H,14,24H2. The molecule has 5 nitrogen and oxygen atoms in total. The third-order valence-corrected chi connectivity index (χ3v) is 13.7. The van der Waals surface area contributed by atoms with Gasteiger partial charge in [0, 0.05) is 59.2 Å². The van der Waals surface area contributed by atoms with Gasteiger partial charge in [-0.15, -0.1) is 11.3 Å². The molecule has 0 amide bonds. The van der Waals surface area contributed by atoms with Crippen molar-refractivity contribution in [2.45, 2.75) is 12.8 Å². The first kappa shape index (κ1) is 35.8. The quantitative estimate of drug-likeness (QED) is 0.168. The highest BCUT2D eigenvalue weighted by molar-refractivity contribution is 7.26. The van der Waals surface area contributed by atoms with E-state index in [0.29, 0.717) is 17.5 Å². The Labute approximate surface area is 366 Å². The maximum Gasteiger partial charge on any atom is 0.164 e. The van der Waals surface area contributed by atoms with Crippen LogP contribution in [0.25, 0.3) is 116 Å². The molecule has 296 valence electrons. The zero-order chi connectivity index (χ0) is 41.4. The fourth-order valence-electron chi connectivity index (χ4n) is 9.64. The van der Waals surface area contributed by atoms with Crippen LogP contribution in [-0.2, 0) is 0 Å². The predicted octanol–water partition coefficient (Wildman–Crippen LogP) is 13.5. The molecule has 0 bridgehead atoms. The lowest BCUT2D eigenvalue weighted by Crippen LogP contribution is -2.26. The van der Waals surface area contributed by atoms with Crippen molar-refractivity contribution in [2.75, 3.05) is 0 Å². The molecule has 0 fully saturated rings. The summed E-state index contributed by atoms with van der Waals surface area (Å²) >= 11 is 1.86. The lowest BCUT2D eigenvalue weighted by molar-refractivity contribution is 0.571. The van der Waals surface area contributed by atoms with Crippen LogP contribution in [-0.4, -0.2) is 19.5 Å². The third kappa shape index (κ3) is 5.87. The molecule has 1 aliphatic rings. The summed E-state index contributed by atoms with van der Waals surface area (Å²) in [5.41, 5.74) is 12.6. The Kier molecular flexibility index (Phi) is 8.14. The van der Waals surface area contributed by atoms with E-state index in [0.717, 1.165) is 79.0 Å². The van der Waals surface area contributed by atoms with Crippen molar-refractivity contribution in [3.63, 3.8) is 0 Å². The molecule has 0 saturated carbocycles. The minimum atomic E-state index is 0.611. The van der Waals surface area contributed by atoms with Gasteiger partial charge in [-0.3, -0.25) is 0 Å². The SMILES string of the molecule is C1=c2oc3ccccc3c2=C(c2cc(-c3nc(-c4ccccc4)nc(-c4cccc(-c5ccccc5)c4)n3)cc(-n3c4ccccc4c4ccc5c6ccccc6sc5c43)c2)CC1. The number of fused-ring (bicyclic) bond motifs is 10. The van der Waals surface area contributed by atoms with E-state index in [1.165, 1.54) is 42.0 Å². The van der Waals surface area contributed by atoms with Crippen LogP contribution in [0.15, 0.2) is 192 Å². The Balaban J connectivity index is 1.13. The average Bonchev–Trinajstić information content (AvgIpc) is 4.04. The number of rotatable bonds is 6. The molecule has 0 radical (unpaired) electrons. The molecule has 13 rings (SSSR count). The second-order valence-corrected chi connectivity index (χ2v) is 17.3. The second-order valence-electron chi connectivity index (χ2n) is 16.2. The minimum absolute atomic E-state index is 0.611. The van der Waals surface area contributed by atoms with Crippen molar-refractivity contribution in [3.8, 4) is 51.0 Å². The summed E-state index contributed by atoms with van der Waals surface area (Å²) in [4.78, 5) is 15.8. The highest BCUT2D eigenvalue weighted by Gasteiger charge is 2.22. The molecule has 4 aromatic heterocycles. The van der Waals surface area contributed by atoms with Gasteiger partial charge in [-0.25, -0.2) is 15.0 Å². The monoisotopic (exact) mass is 824 g/mol. The molecule has 0 N–H and O–H groups in total. The Hall–Kier alpha value is -7.93. The first-order chi connectivity index (χ1) is 31.2. The van der Waals surface area contributed by atoms with Gasteiger partial charge >= 0.3 is 0 Å². The molecule has 0 aliphatic heterocycles. The summed E-state index contributed by atoms with van der Waals surface area (Å²) in [6.45, 7) is 0. The van der Waals surface area contributed by atoms with Crippen LogP contribution in [0.5, 0.6) is 0 Å². The maximum atomic E-state index is 6.51. The third-order valence-electron chi connectivity index (χ3n) is 12.5. The summed E-state index contributed by atoms with van der Waals surface area (Å²) in [6.07, 6.45) is 3.99. The number of thiophene rings is 1. The lowest BCUT2D eigenvalue weighted by Gasteiger charge is -2.17. The summed E-state index contributed by atoms with van der Waals surface area (Å²) in [7, 11) is 0. The Morgan fingerprint density at radius 1 is 0.460 bits per heavy atom. The number of furan rings is 1. The lowest BCUT2D eigenvalue weighted by atomic mass is 9.93. The van der Waals surface area contributed by atoms with Crippen LogP contribution >= 0.6 is 11.3 Å². The Bertz CT molecular complexity index is 3920. The van der Waals surface area contributed by atoms with Gasteiger partial charge in [-0.1, -0.05) is 146 Å². The van der Waals surface area contributed by atoms with Gasteiger partial charge in [-0.05, 0) is 83.6 Å². The van der Waals surface area contributed by atoms with E-state index in [-0.39, 0.29) is 0 Å². The zero-order valence-electron chi connectivity index (χ0n) is 34.0. The average molecular weight is 825 g/mol. The van der Waals surface area contributed by atoms with E-state index in [2.05, 4.69) is 168 Å². The van der Waals surface area contributed by atoms with Gasteiger partial charge in [0.1, 0.15) is 11.0 Å².